The van der Waals surface area contributed by atoms with Crippen LogP contribution in [0.15, 0.2) is 18.3 Å². The molecule has 1 aliphatic rings. The van der Waals surface area contributed by atoms with E-state index < -0.39 is 9.84 Å². The van der Waals surface area contributed by atoms with Crippen LogP contribution in [0.4, 0.5) is 5.69 Å². The van der Waals surface area contributed by atoms with Crippen LogP contribution in [0.1, 0.15) is 44.1 Å². The number of anilines is 1. The summed E-state index contributed by atoms with van der Waals surface area (Å²) in [5.74, 6) is 0.623. The molecule has 6 nitrogen and oxygen atoms in total. The minimum absolute atomic E-state index is 0.0545. The standard InChI is InChI=1S/C17H27N3O3S/c1-4-20(15-7-10-24(22,23)12-15)17(21)16-11-14(6-9-19-16)18-8-5-13(2)3/h6,9,11,13,15H,4-5,7-8,10,12H2,1-3H3,(H,18,19). The smallest absolute Gasteiger partial charge is 0.272 e. The van der Waals surface area contributed by atoms with Gasteiger partial charge in [0, 0.05) is 31.0 Å². The fourth-order valence-corrected chi connectivity index (χ4v) is 4.63. The van der Waals surface area contributed by atoms with Gasteiger partial charge in [-0.3, -0.25) is 9.78 Å². The Morgan fingerprint density at radius 3 is 2.79 bits per heavy atom. The van der Waals surface area contributed by atoms with E-state index in [2.05, 4.69) is 24.1 Å². The minimum atomic E-state index is -3.02. The maximum atomic E-state index is 12.7. The van der Waals surface area contributed by atoms with E-state index in [4.69, 9.17) is 0 Å². The third-order valence-electron chi connectivity index (χ3n) is 4.28. The zero-order valence-electron chi connectivity index (χ0n) is 14.7. The van der Waals surface area contributed by atoms with Crippen molar-refractivity contribution in [2.75, 3.05) is 29.9 Å². The summed E-state index contributed by atoms with van der Waals surface area (Å²) in [6, 6.07) is 3.34. The van der Waals surface area contributed by atoms with Crippen LogP contribution in [0, 0.1) is 5.92 Å². The molecule has 2 heterocycles. The predicted molar refractivity (Wildman–Crippen MR) is 96.0 cm³/mol. The number of carbonyl (C=O) groups excluding carboxylic acids is 1. The van der Waals surface area contributed by atoms with Gasteiger partial charge in [0.25, 0.3) is 5.91 Å². The zero-order valence-corrected chi connectivity index (χ0v) is 15.5. The van der Waals surface area contributed by atoms with Crippen molar-refractivity contribution >= 4 is 21.4 Å². The number of rotatable bonds is 7. The number of amides is 1. The molecule has 1 aromatic heterocycles. The highest BCUT2D eigenvalue weighted by Gasteiger charge is 2.34. The molecule has 24 heavy (non-hydrogen) atoms. The number of hydrogen-bond acceptors (Lipinski definition) is 5. The van der Waals surface area contributed by atoms with Crippen LogP contribution in [0.5, 0.6) is 0 Å². The molecule has 1 saturated heterocycles. The lowest BCUT2D eigenvalue weighted by atomic mass is 10.1. The third-order valence-corrected chi connectivity index (χ3v) is 6.03. The molecule has 2 rings (SSSR count). The van der Waals surface area contributed by atoms with Gasteiger partial charge in [-0.15, -0.1) is 0 Å². The highest BCUT2D eigenvalue weighted by molar-refractivity contribution is 7.91. The maximum Gasteiger partial charge on any atom is 0.272 e. The molecule has 0 spiro atoms. The van der Waals surface area contributed by atoms with Gasteiger partial charge in [-0.25, -0.2) is 8.42 Å². The van der Waals surface area contributed by atoms with Gasteiger partial charge in [-0.05, 0) is 37.8 Å². The molecule has 0 bridgehead atoms. The van der Waals surface area contributed by atoms with E-state index >= 15 is 0 Å². The van der Waals surface area contributed by atoms with E-state index in [1.54, 1.807) is 17.2 Å². The van der Waals surface area contributed by atoms with Crippen LogP contribution >= 0.6 is 0 Å². The van der Waals surface area contributed by atoms with Crippen molar-refractivity contribution in [3.8, 4) is 0 Å². The van der Waals surface area contributed by atoms with E-state index in [0.29, 0.717) is 24.6 Å². The molecule has 0 radical (unpaired) electrons. The number of aromatic nitrogens is 1. The first-order valence-electron chi connectivity index (χ1n) is 8.53. The first-order chi connectivity index (χ1) is 11.3. The number of nitrogens with zero attached hydrogens (tertiary/aromatic N) is 2. The van der Waals surface area contributed by atoms with Gasteiger partial charge in [0.15, 0.2) is 9.84 Å². The quantitative estimate of drug-likeness (QED) is 0.813. The Hall–Kier alpha value is -1.63. The molecule has 1 fully saturated rings. The monoisotopic (exact) mass is 353 g/mol. The van der Waals surface area contributed by atoms with Crippen LogP contribution in [0.2, 0.25) is 0 Å². The average Bonchev–Trinajstić information content (AvgIpc) is 2.88. The second kappa shape index (κ2) is 7.96. The molecule has 1 unspecified atom stereocenters. The van der Waals surface area contributed by atoms with Crippen molar-refractivity contribution in [2.45, 2.75) is 39.7 Å². The highest BCUT2D eigenvalue weighted by atomic mass is 32.2. The molecule has 1 aliphatic heterocycles. The summed E-state index contributed by atoms with van der Waals surface area (Å²) in [5.41, 5.74) is 1.22. The second-order valence-electron chi connectivity index (χ2n) is 6.69. The summed E-state index contributed by atoms with van der Waals surface area (Å²) in [6.07, 6.45) is 3.17. The van der Waals surface area contributed by atoms with Gasteiger partial charge in [0.2, 0.25) is 0 Å². The summed E-state index contributed by atoms with van der Waals surface area (Å²) < 4.78 is 23.4. The van der Waals surface area contributed by atoms with E-state index in [1.807, 2.05) is 13.0 Å². The van der Waals surface area contributed by atoms with Gasteiger partial charge in [-0.2, -0.15) is 0 Å². The largest absolute Gasteiger partial charge is 0.385 e. The SMILES string of the molecule is CCN(C(=O)c1cc(NCCC(C)C)ccn1)C1CCS(=O)(=O)C1. The molecule has 1 N–H and O–H groups in total. The summed E-state index contributed by atoms with van der Waals surface area (Å²) in [4.78, 5) is 18.6. The van der Waals surface area contributed by atoms with Gasteiger partial charge in [0.05, 0.1) is 11.5 Å². The summed E-state index contributed by atoms with van der Waals surface area (Å²) in [6.45, 7) is 7.52. The molecule has 134 valence electrons. The third kappa shape index (κ3) is 4.93. The fraction of sp³-hybridized carbons (Fsp3) is 0.647. The van der Waals surface area contributed by atoms with Crippen molar-refractivity contribution in [3.63, 3.8) is 0 Å². The van der Waals surface area contributed by atoms with Gasteiger partial charge in [-0.1, -0.05) is 13.8 Å². The van der Waals surface area contributed by atoms with Crippen molar-refractivity contribution < 1.29 is 13.2 Å². The van der Waals surface area contributed by atoms with E-state index in [-0.39, 0.29) is 23.5 Å². The Balaban J connectivity index is 2.07. The van der Waals surface area contributed by atoms with Crippen molar-refractivity contribution in [3.05, 3.63) is 24.0 Å². The Kier molecular flexibility index (Phi) is 6.21. The van der Waals surface area contributed by atoms with Gasteiger partial charge < -0.3 is 10.2 Å². The number of hydrogen-bond donors (Lipinski definition) is 1. The number of nitrogens with one attached hydrogen (secondary N) is 1. The molecule has 1 atom stereocenters. The number of pyridine rings is 1. The maximum absolute atomic E-state index is 12.7. The molecular formula is C17H27N3O3S. The Bertz CT molecular complexity index is 673. The van der Waals surface area contributed by atoms with E-state index in [0.717, 1.165) is 18.7 Å². The Morgan fingerprint density at radius 1 is 1.46 bits per heavy atom. The van der Waals surface area contributed by atoms with Gasteiger partial charge >= 0.3 is 0 Å². The zero-order chi connectivity index (χ0) is 17.7. The normalized spacial score (nSPS) is 19.4. The topological polar surface area (TPSA) is 79.4 Å². The highest BCUT2D eigenvalue weighted by Crippen LogP contribution is 2.20. The van der Waals surface area contributed by atoms with Crippen LogP contribution < -0.4 is 5.32 Å². The first-order valence-corrected chi connectivity index (χ1v) is 10.4. The Morgan fingerprint density at radius 2 is 2.21 bits per heavy atom. The molecular weight excluding hydrogens is 326 g/mol. The summed E-state index contributed by atoms with van der Waals surface area (Å²) >= 11 is 0. The van der Waals surface area contributed by atoms with Crippen LogP contribution in [-0.4, -0.2) is 54.8 Å². The van der Waals surface area contributed by atoms with Crippen molar-refractivity contribution in [2.24, 2.45) is 5.92 Å². The molecule has 0 aliphatic carbocycles. The van der Waals surface area contributed by atoms with E-state index in [9.17, 15) is 13.2 Å². The van der Waals surface area contributed by atoms with Crippen LogP contribution in [0.25, 0.3) is 0 Å². The molecule has 7 heteroatoms. The lowest BCUT2D eigenvalue weighted by Crippen LogP contribution is -2.41. The van der Waals surface area contributed by atoms with Crippen LogP contribution in [-0.2, 0) is 9.84 Å². The molecule has 0 aromatic carbocycles. The first kappa shape index (κ1) is 18.7. The number of carbonyl (C=O) groups is 1. The molecule has 1 amide bonds. The lowest BCUT2D eigenvalue weighted by Gasteiger charge is -2.26. The molecule has 0 saturated carbocycles. The Labute approximate surface area is 144 Å². The average molecular weight is 353 g/mol. The number of sulfone groups is 1. The van der Waals surface area contributed by atoms with Crippen molar-refractivity contribution in [1.29, 1.82) is 0 Å². The van der Waals surface area contributed by atoms with E-state index in [1.165, 1.54) is 0 Å². The van der Waals surface area contributed by atoms with Crippen LogP contribution in [0.3, 0.4) is 0 Å². The lowest BCUT2D eigenvalue weighted by molar-refractivity contribution is 0.0702. The second-order valence-corrected chi connectivity index (χ2v) is 8.92. The molecule has 1 aromatic rings. The van der Waals surface area contributed by atoms with Gasteiger partial charge in [0.1, 0.15) is 5.69 Å². The summed E-state index contributed by atoms with van der Waals surface area (Å²) in [7, 11) is -3.02. The summed E-state index contributed by atoms with van der Waals surface area (Å²) in [5, 5.41) is 3.30. The fourth-order valence-electron chi connectivity index (χ4n) is 2.90. The minimum Gasteiger partial charge on any atom is -0.385 e. The van der Waals surface area contributed by atoms with Crippen molar-refractivity contribution in [1.82, 2.24) is 9.88 Å². The predicted octanol–water partition coefficient (Wildman–Crippen LogP) is 2.19.